The fourth-order valence-electron chi connectivity index (χ4n) is 1.87. The summed E-state index contributed by atoms with van der Waals surface area (Å²) in [5.41, 5.74) is 5.94. The second kappa shape index (κ2) is 4.81. The summed E-state index contributed by atoms with van der Waals surface area (Å²) in [6.07, 6.45) is 1.50. The third-order valence-electron chi connectivity index (χ3n) is 2.72. The standard InChI is InChI=1S/C12H12F3N3/c1-2-18-10(3-4-17-18)12(16)11-8(14)5-7(13)6-9(11)15/h3-6,12H,2,16H2,1H3. The van der Waals surface area contributed by atoms with Gasteiger partial charge in [0.05, 0.1) is 11.7 Å². The maximum absolute atomic E-state index is 13.6. The molecule has 1 unspecified atom stereocenters. The van der Waals surface area contributed by atoms with Gasteiger partial charge < -0.3 is 5.73 Å². The lowest BCUT2D eigenvalue weighted by Crippen LogP contribution is -2.20. The average molecular weight is 255 g/mol. The van der Waals surface area contributed by atoms with Crippen molar-refractivity contribution in [2.45, 2.75) is 19.5 Å². The maximum Gasteiger partial charge on any atom is 0.134 e. The van der Waals surface area contributed by atoms with Crippen LogP contribution in [0.15, 0.2) is 24.4 Å². The molecule has 1 aromatic heterocycles. The molecule has 0 aliphatic carbocycles. The quantitative estimate of drug-likeness (QED) is 0.915. The molecule has 2 aromatic rings. The van der Waals surface area contributed by atoms with Crippen molar-refractivity contribution in [2.75, 3.05) is 0 Å². The predicted octanol–water partition coefficient (Wildman–Crippen LogP) is 2.37. The first-order chi connectivity index (χ1) is 8.54. The molecule has 2 N–H and O–H groups in total. The monoisotopic (exact) mass is 255 g/mol. The Morgan fingerprint density at radius 3 is 2.44 bits per heavy atom. The molecule has 0 aliphatic heterocycles. The molecule has 1 atom stereocenters. The van der Waals surface area contributed by atoms with Crippen molar-refractivity contribution in [1.29, 1.82) is 0 Å². The Balaban J connectivity index is 2.49. The lowest BCUT2D eigenvalue weighted by atomic mass is 10.0. The highest BCUT2D eigenvalue weighted by Gasteiger charge is 2.22. The van der Waals surface area contributed by atoms with E-state index in [1.54, 1.807) is 6.07 Å². The molecule has 0 radical (unpaired) electrons. The first-order valence-electron chi connectivity index (χ1n) is 5.46. The molecule has 1 heterocycles. The molecule has 18 heavy (non-hydrogen) atoms. The topological polar surface area (TPSA) is 43.8 Å². The van der Waals surface area contributed by atoms with Gasteiger partial charge in [0.15, 0.2) is 0 Å². The van der Waals surface area contributed by atoms with Gasteiger partial charge in [-0.2, -0.15) is 5.10 Å². The number of benzene rings is 1. The van der Waals surface area contributed by atoms with Gasteiger partial charge in [0.1, 0.15) is 17.5 Å². The van der Waals surface area contributed by atoms with E-state index in [0.29, 0.717) is 24.4 Å². The van der Waals surface area contributed by atoms with Crippen LogP contribution in [0.5, 0.6) is 0 Å². The first kappa shape index (κ1) is 12.6. The number of hydrogen-bond donors (Lipinski definition) is 1. The molecular formula is C12H12F3N3. The zero-order valence-corrected chi connectivity index (χ0v) is 9.70. The number of hydrogen-bond acceptors (Lipinski definition) is 2. The summed E-state index contributed by atoms with van der Waals surface area (Å²) in [6.45, 7) is 2.36. The van der Waals surface area contributed by atoms with E-state index in [9.17, 15) is 13.2 Å². The van der Waals surface area contributed by atoms with Crippen LogP contribution in [-0.2, 0) is 6.54 Å². The summed E-state index contributed by atoms with van der Waals surface area (Å²) in [7, 11) is 0. The van der Waals surface area contributed by atoms with E-state index in [1.807, 2.05) is 6.92 Å². The van der Waals surface area contributed by atoms with Gasteiger partial charge in [0.2, 0.25) is 0 Å². The largest absolute Gasteiger partial charge is 0.319 e. The molecule has 0 saturated heterocycles. The second-order valence-electron chi connectivity index (χ2n) is 3.83. The van der Waals surface area contributed by atoms with Crippen molar-refractivity contribution in [3.63, 3.8) is 0 Å². The van der Waals surface area contributed by atoms with Crippen LogP contribution in [-0.4, -0.2) is 9.78 Å². The zero-order chi connectivity index (χ0) is 13.3. The number of halogens is 3. The van der Waals surface area contributed by atoms with E-state index in [1.165, 1.54) is 10.9 Å². The highest BCUT2D eigenvalue weighted by molar-refractivity contribution is 5.30. The Hall–Kier alpha value is -1.82. The molecular weight excluding hydrogens is 243 g/mol. The van der Waals surface area contributed by atoms with E-state index >= 15 is 0 Å². The molecule has 3 nitrogen and oxygen atoms in total. The third-order valence-corrected chi connectivity index (χ3v) is 2.72. The van der Waals surface area contributed by atoms with Crippen molar-refractivity contribution in [1.82, 2.24) is 9.78 Å². The van der Waals surface area contributed by atoms with Crippen LogP contribution in [0.2, 0.25) is 0 Å². The van der Waals surface area contributed by atoms with Gasteiger partial charge in [-0.1, -0.05) is 0 Å². The molecule has 0 bridgehead atoms. The van der Waals surface area contributed by atoms with Crippen LogP contribution in [0.3, 0.4) is 0 Å². The van der Waals surface area contributed by atoms with Gasteiger partial charge in [0, 0.05) is 30.4 Å². The third kappa shape index (κ3) is 2.11. The smallest absolute Gasteiger partial charge is 0.134 e. The van der Waals surface area contributed by atoms with Gasteiger partial charge in [-0.05, 0) is 13.0 Å². The van der Waals surface area contributed by atoms with E-state index in [-0.39, 0.29) is 5.56 Å². The predicted molar refractivity (Wildman–Crippen MR) is 60.2 cm³/mol. The molecule has 96 valence electrons. The Morgan fingerprint density at radius 2 is 1.89 bits per heavy atom. The summed E-state index contributed by atoms with van der Waals surface area (Å²) in [4.78, 5) is 0. The molecule has 2 rings (SSSR count). The summed E-state index contributed by atoms with van der Waals surface area (Å²) >= 11 is 0. The van der Waals surface area contributed by atoms with Crippen LogP contribution in [0, 0.1) is 17.5 Å². The summed E-state index contributed by atoms with van der Waals surface area (Å²) < 4.78 is 41.6. The number of aromatic nitrogens is 2. The number of nitrogens with zero attached hydrogens (tertiary/aromatic N) is 2. The molecule has 6 heteroatoms. The highest BCUT2D eigenvalue weighted by Crippen LogP contribution is 2.25. The van der Waals surface area contributed by atoms with Crippen LogP contribution >= 0.6 is 0 Å². The van der Waals surface area contributed by atoms with Crippen LogP contribution in [0.4, 0.5) is 13.2 Å². The molecule has 0 amide bonds. The van der Waals surface area contributed by atoms with Gasteiger partial charge in [-0.15, -0.1) is 0 Å². The van der Waals surface area contributed by atoms with Crippen molar-refractivity contribution in [2.24, 2.45) is 5.73 Å². The van der Waals surface area contributed by atoms with Crippen molar-refractivity contribution >= 4 is 0 Å². The minimum atomic E-state index is -1.02. The summed E-state index contributed by atoms with van der Waals surface area (Å²) in [6, 6.07) is 1.79. The lowest BCUT2D eigenvalue weighted by molar-refractivity contribution is 0.504. The molecule has 0 saturated carbocycles. The number of nitrogens with two attached hydrogens (primary N) is 1. The Labute approximate surface area is 102 Å². The second-order valence-corrected chi connectivity index (χ2v) is 3.83. The fraction of sp³-hybridized carbons (Fsp3) is 0.250. The average Bonchev–Trinajstić information content (AvgIpc) is 2.75. The van der Waals surface area contributed by atoms with Gasteiger partial charge in [0.25, 0.3) is 0 Å². The van der Waals surface area contributed by atoms with Gasteiger partial charge in [-0.25, -0.2) is 13.2 Å². The zero-order valence-electron chi connectivity index (χ0n) is 9.70. The van der Waals surface area contributed by atoms with Gasteiger partial charge in [-0.3, -0.25) is 4.68 Å². The molecule has 0 aliphatic rings. The van der Waals surface area contributed by atoms with E-state index < -0.39 is 23.5 Å². The minimum absolute atomic E-state index is 0.355. The number of aryl methyl sites for hydroxylation is 1. The Kier molecular flexibility index (Phi) is 3.38. The lowest BCUT2D eigenvalue weighted by Gasteiger charge is -2.15. The van der Waals surface area contributed by atoms with E-state index in [4.69, 9.17) is 5.73 Å². The molecule has 0 spiro atoms. The SMILES string of the molecule is CCn1nccc1C(N)c1c(F)cc(F)cc1F. The van der Waals surface area contributed by atoms with E-state index in [0.717, 1.165) is 0 Å². The highest BCUT2D eigenvalue weighted by atomic mass is 19.1. The molecule has 1 aromatic carbocycles. The van der Waals surface area contributed by atoms with Crippen LogP contribution in [0.1, 0.15) is 24.2 Å². The van der Waals surface area contributed by atoms with E-state index in [2.05, 4.69) is 5.10 Å². The minimum Gasteiger partial charge on any atom is -0.319 e. The number of rotatable bonds is 3. The van der Waals surface area contributed by atoms with Crippen molar-refractivity contribution < 1.29 is 13.2 Å². The van der Waals surface area contributed by atoms with Crippen LogP contribution < -0.4 is 5.73 Å². The van der Waals surface area contributed by atoms with Gasteiger partial charge >= 0.3 is 0 Å². The van der Waals surface area contributed by atoms with Crippen LogP contribution in [0.25, 0.3) is 0 Å². The summed E-state index contributed by atoms with van der Waals surface area (Å²) in [5.74, 6) is -2.96. The maximum atomic E-state index is 13.6. The normalized spacial score (nSPS) is 12.7. The fourth-order valence-corrected chi connectivity index (χ4v) is 1.87. The first-order valence-corrected chi connectivity index (χ1v) is 5.46. The van der Waals surface area contributed by atoms with Crippen molar-refractivity contribution in [3.05, 3.63) is 53.1 Å². The summed E-state index contributed by atoms with van der Waals surface area (Å²) in [5, 5.41) is 3.98. The Morgan fingerprint density at radius 1 is 1.28 bits per heavy atom. The van der Waals surface area contributed by atoms with Crippen molar-refractivity contribution in [3.8, 4) is 0 Å². The molecule has 0 fully saturated rings. The Bertz CT molecular complexity index is 542.